The molecule has 182 valence electrons. The second-order valence-corrected chi connectivity index (χ2v) is 8.57. The maximum Gasteiger partial charge on any atom is 0.342 e. The maximum atomic E-state index is 12.6. The number of rotatable bonds is 7. The quantitative estimate of drug-likeness (QED) is 0.509. The van der Waals surface area contributed by atoms with Crippen molar-refractivity contribution in [2.24, 2.45) is 0 Å². The van der Waals surface area contributed by atoms with Gasteiger partial charge in [-0.25, -0.2) is 4.79 Å². The Morgan fingerprint density at radius 1 is 0.971 bits per heavy atom. The molecule has 0 saturated carbocycles. The van der Waals surface area contributed by atoms with Crippen LogP contribution in [0.5, 0.6) is 0 Å². The number of hydrogen-bond acceptors (Lipinski definition) is 6. The standard InChI is InChI=1S/C26H29N5O4/c1-18-7-6-8-19(2)24(18)28-22(32)16-30-11-13-31(14-12-30)23(33)17-35-26(34)21-15-27-29-25(21)20-9-4-3-5-10-20/h3-10,15H,11-14,16-17H2,1-2H3,(H,27,29)(H,28,32). The molecule has 0 atom stereocenters. The van der Waals surface area contributed by atoms with Gasteiger partial charge < -0.3 is 15.0 Å². The predicted molar refractivity (Wildman–Crippen MR) is 132 cm³/mol. The van der Waals surface area contributed by atoms with Crippen molar-refractivity contribution in [2.75, 3.05) is 44.6 Å². The van der Waals surface area contributed by atoms with Gasteiger partial charge in [0.05, 0.1) is 18.4 Å². The number of aryl methyl sites for hydroxylation is 2. The van der Waals surface area contributed by atoms with Crippen molar-refractivity contribution in [3.8, 4) is 11.3 Å². The molecule has 1 aromatic heterocycles. The zero-order valence-corrected chi connectivity index (χ0v) is 19.9. The van der Waals surface area contributed by atoms with Gasteiger partial charge in [0, 0.05) is 37.4 Å². The van der Waals surface area contributed by atoms with Gasteiger partial charge in [0.1, 0.15) is 5.56 Å². The summed E-state index contributed by atoms with van der Waals surface area (Å²) in [5.74, 6) is -0.944. The fourth-order valence-corrected chi connectivity index (χ4v) is 4.11. The van der Waals surface area contributed by atoms with Crippen LogP contribution in [0.4, 0.5) is 5.69 Å². The summed E-state index contributed by atoms with van der Waals surface area (Å²) < 4.78 is 5.28. The average molecular weight is 476 g/mol. The summed E-state index contributed by atoms with van der Waals surface area (Å²) in [6.07, 6.45) is 1.40. The molecule has 4 rings (SSSR count). The summed E-state index contributed by atoms with van der Waals surface area (Å²) in [4.78, 5) is 41.3. The number of piperazine rings is 1. The van der Waals surface area contributed by atoms with Crippen molar-refractivity contribution in [3.05, 3.63) is 71.4 Å². The molecule has 2 amide bonds. The first-order chi connectivity index (χ1) is 16.9. The van der Waals surface area contributed by atoms with Gasteiger partial charge in [-0.15, -0.1) is 0 Å². The van der Waals surface area contributed by atoms with Crippen molar-refractivity contribution >= 4 is 23.5 Å². The van der Waals surface area contributed by atoms with Gasteiger partial charge in [-0.3, -0.25) is 19.6 Å². The maximum absolute atomic E-state index is 12.6. The average Bonchev–Trinajstić information content (AvgIpc) is 3.36. The molecule has 9 heteroatoms. The van der Waals surface area contributed by atoms with Crippen LogP contribution >= 0.6 is 0 Å². The lowest BCUT2D eigenvalue weighted by Crippen LogP contribution is -2.51. The molecule has 1 fully saturated rings. The molecule has 1 aliphatic heterocycles. The number of benzene rings is 2. The highest BCUT2D eigenvalue weighted by atomic mass is 16.5. The first kappa shape index (κ1) is 24.2. The summed E-state index contributed by atoms with van der Waals surface area (Å²) in [5, 5.41) is 9.75. The molecule has 2 aromatic carbocycles. The van der Waals surface area contributed by atoms with Gasteiger partial charge in [-0.05, 0) is 25.0 Å². The minimum absolute atomic E-state index is 0.0783. The van der Waals surface area contributed by atoms with Gasteiger partial charge in [0.15, 0.2) is 6.61 Å². The van der Waals surface area contributed by atoms with E-state index >= 15 is 0 Å². The Balaban J connectivity index is 1.23. The molecule has 2 heterocycles. The van der Waals surface area contributed by atoms with Crippen LogP contribution in [-0.2, 0) is 14.3 Å². The number of aromatic nitrogens is 2. The van der Waals surface area contributed by atoms with E-state index in [2.05, 4.69) is 15.5 Å². The number of ether oxygens (including phenoxy) is 1. The summed E-state index contributed by atoms with van der Waals surface area (Å²) in [7, 11) is 0. The van der Waals surface area contributed by atoms with Crippen LogP contribution in [0, 0.1) is 13.8 Å². The Labute approximate surface area is 204 Å². The minimum atomic E-state index is -0.604. The van der Waals surface area contributed by atoms with E-state index < -0.39 is 5.97 Å². The number of para-hydroxylation sites is 1. The molecule has 0 unspecified atom stereocenters. The van der Waals surface area contributed by atoms with Gasteiger partial charge in [0.2, 0.25) is 5.91 Å². The first-order valence-corrected chi connectivity index (χ1v) is 11.5. The highest BCUT2D eigenvalue weighted by Gasteiger charge is 2.24. The van der Waals surface area contributed by atoms with Crippen LogP contribution in [0.2, 0.25) is 0 Å². The summed E-state index contributed by atoms with van der Waals surface area (Å²) >= 11 is 0. The normalized spacial score (nSPS) is 13.9. The SMILES string of the molecule is Cc1cccc(C)c1NC(=O)CN1CCN(C(=O)COC(=O)c2cn[nH]c2-c2ccccc2)CC1. The molecule has 0 spiro atoms. The van der Waals surface area contributed by atoms with Gasteiger partial charge in [-0.1, -0.05) is 48.5 Å². The zero-order chi connectivity index (χ0) is 24.8. The van der Waals surface area contributed by atoms with Gasteiger partial charge in [-0.2, -0.15) is 5.10 Å². The highest BCUT2D eigenvalue weighted by molar-refractivity contribution is 5.97. The Morgan fingerprint density at radius 2 is 1.66 bits per heavy atom. The number of amides is 2. The van der Waals surface area contributed by atoms with E-state index in [1.165, 1.54) is 6.20 Å². The molecule has 0 aliphatic carbocycles. The van der Waals surface area contributed by atoms with Crippen molar-refractivity contribution in [2.45, 2.75) is 13.8 Å². The van der Waals surface area contributed by atoms with E-state index in [4.69, 9.17) is 4.74 Å². The second kappa shape index (κ2) is 11.0. The van der Waals surface area contributed by atoms with Crippen LogP contribution in [-0.4, -0.2) is 77.1 Å². The van der Waals surface area contributed by atoms with Crippen molar-refractivity contribution < 1.29 is 19.1 Å². The van der Waals surface area contributed by atoms with E-state index in [9.17, 15) is 14.4 Å². The lowest BCUT2D eigenvalue weighted by atomic mass is 10.1. The fraction of sp³-hybridized carbons (Fsp3) is 0.308. The molecule has 9 nitrogen and oxygen atoms in total. The molecule has 2 N–H and O–H groups in total. The first-order valence-electron chi connectivity index (χ1n) is 11.5. The van der Waals surface area contributed by atoms with Crippen molar-refractivity contribution in [3.63, 3.8) is 0 Å². The van der Waals surface area contributed by atoms with Gasteiger partial charge in [0.25, 0.3) is 5.91 Å². The number of nitrogens with zero attached hydrogens (tertiary/aromatic N) is 3. The van der Waals surface area contributed by atoms with E-state index in [1.807, 2.05) is 67.3 Å². The molecular formula is C26H29N5O4. The van der Waals surface area contributed by atoms with Crippen LogP contribution < -0.4 is 5.32 Å². The lowest BCUT2D eigenvalue weighted by molar-refractivity contribution is -0.136. The molecule has 3 aromatic rings. The van der Waals surface area contributed by atoms with Gasteiger partial charge >= 0.3 is 5.97 Å². The lowest BCUT2D eigenvalue weighted by Gasteiger charge is -2.34. The Morgan fingerprint density at radius 3 is 2.34 bits per heavy atom. The third kappa shape index (κ3) is 5.93. The number of H-pyrrole nitrogens is 1. The smallest absolute Gasteiger partial charge is 0.342 e. The monoisotopic (exact) mass is 475 g/mol. The zero-order valence-electron chi connectivity index (χ0n) is 19.9. The number of hydrogen-bond donors (Lipinski definition) is 2. The van der Waals surface area contributed by atoms with E-state index in [0.717, 1.165) is 22.4 Å². The molecule has 1 aliphatic rings. The molecule has 0 radical (unpaired) electrons. The number of anilines is 1. The highest BCUT2D eigenvalue weighted by Crippen LogP contribution is 2.21. The Kier molecular flexibility index (Phi) is 7.57. The Hall–Kier alpha value is -3.98. The van der Waals surface area contributed by atoms with Crippen molar-refractivity contribution in [1.29, 1.82) is 0 Å². The van der Waals surface area contributed by atoms with Crippen LogP contribution in [0.15, 0.2) is 54.7 Å². The topological polar surface area (TPSA) is 108 Å². The number of nitrogens with one attached hydrogen (secondary N) is 2. The third-order valence-corrected chi connectivity index (χ3v) is 6.09. The summed E-state index contributed by atoms with van der Waals surface area (Å²) in [6.45, 7) is 5.92. The third-order valence-electron chi connectivity index (χ3n) is 6.09. The van der Waals surface area contributed by atoms with Crippen LogP contribution in [0.3, 0.4) is 0 Å². The molecule has 1 saturated heterocycles. The largest absolute Gasteiger partial charge is 0.452 e. The minimum Gasteiger partial charge on any atom is -0.452 e. The fourth-order valence-electron chi connectivity index (χ4n) is 4.11. The molecule has 0 bridgehead atoms. The summed E-state index contributed by atoms with van der Waals surface area (Å²) in [6, 6.07) is 15.2. The molecular weight excluding hydrogens is 446 g/mol. The summed E-state index contributed by atoms with van der Waals surface area (Å²) in [5.41, 5.74) is 4.53. The van der Waals surface area contributed by atoms with Crippen LogP contribution in [0.1, 0.15) is 21.5 Å². The predicted octanol–water partition coefficient (Wildman–Crippen LogP) is 2.63. The van der Waals surface area contributed by atoms with E-state index in [0.29, 0.717) is 31.9 Å². The number of carbonyl (C=O) groups is 3. The van der Waals surface area contributed by atoms with Crippen molar-refractivity contribution in [1.82, 2.24) is 20.0 Å². The molecule has 35 heavy (non-hydrogen) atoms. The second-order valence-electron chi connectivity index (χ2n) is 8.57. The van der Waals surface area contributed by atoms with E-state index in [1.54, 1.807) is 4.90 Å². The van der Waals surface area contributed by atoms with E-state index in [-0.39, 0.29) is 30.5 Å². The Bertz CT molecular complexity index is 1180. The number of esters is 1. The number of aromatic amines is 1. The number of carbonyl (C=O) groups excluding carboxylic acids is 3. The van der Waals surface area contributed by atoms with Crippen LogP contribution in [0.25, 0.3) is 11.3 Å².